The van der Waals surface area contributed by atoms with Gasteiger partial charge < -0.3 is 26.2 Å². The van der Waals surface area contributed by atoms with Gasteiger partial charge in [-0.2, -0.15) is 0 Å². The molecule has 0 aromatic heterocycles. The first-order valence-corrected chi connectivity index (χ1v) is 5.49. The number of aliphatic carboxylic acids is 1. The van der Waals surface area contributed by atoms with Crippen LogP contribution in [0.25, 0.3) is 0 Å². The number of ether oxygens (including phenoxy) is 1. The molecule has 0 heterocycles. The van der Waals surface area contributed by atoms with Crippen molar-refractivity contribution in [3.05, 3.63) is 0 Å². The SMILES string of the molecule is COC(=O)NCCC(=O)N[C@@H](CCC(N)=O)C(=O)O. The minimum atomic E-state index is -1.25. The molecular weight excluding hydrogens is 258 g/mol. The summed E-state index contributed by atoms with van der Waals surface area (Å²) in [5, 5.41) is 13.3. The first-order valence-electron chi connectivity index (χ1n) is 5.49. The highest BCUT2D eigenvalue weighted by Gasteiger charge is 2.20. The van der Waals surface area contributed by atoms with Crippen molar-refractivity contribution in [2.45, 2.75) is 25.3 Å². The van der Waals surface area contributed by atoms with E-state index < -0.39 is 29.9 Å². The van der Waals surface area contributed by atoms with Crippen LogP contribution >= 0.6 is 0 Å². The van der Waals surface area contributed by atoms with Gasteiger partial charge in [0.15, 0.2) is 0 Å². The predicted molar refractivity (Wildman–Crippen MR) is 63.0 cm³/mol. The Morgan fingerprint density at radius 1 is 1.26 bits per heavy atom. The average Bonchev–Trinajstić information content (AvgIpc) is 2.33. The molecule has 108 valence electrons. The second-order valence-electron chi connectivity index (χ2n) is 3.63. The number of primary amides is 1. The topological polar surface area (TPSA) is 148 Å². The van der Waals surface area contributed by atoms with Crippen LogP contribution in [-0.4, -0.2) is 48.7 Å². The molecule has 0 fully saturated rings. The fourth-order valence-corrected chi connectivity index (χ4v) is 1.16. The molecule has 0 saturated carbocycles. The van der Waals surface area contributed by atoms with Gasteiger partial charge in [0.05, 0.1) is 7.11 Å². The zero-order valence-corrected chi connectivity index (χ0v) is 10.5. The van der Waals surface area contributed by atoms with E-state index in [9.17, 15) is 19.2 Å². The Labute approximate surface area is 109 Å². The predicted octanol–water partition coefficient (Wildman–Crippen LogP) is -1.43. The second-order valence-corrected chi connectivity index (χ2v) is 3.63. The molecule has 3 amide bonds. The number of hydrogen-bond donors (Lipinski definition) is 4. The standard InChI is InChI=1S/C10H17N3O6/c1-19-10(18)12-5-4-8(15)13-6(9(16)17)2-3-7(11)14/h6H,2-5H2,1H3,(H2,11,14)(H,12,18)(H,13,15)(H,16,17)/t6-/m0/s1. The highest BCUT2D eigenvalue weighted by Crippen LogP contribution is 1.98. The molecule has 0 unspecified atom stereocenters. The Morgan fingerprint density at radius 2 is 1.89 bits per heavy atom. The minimum Gasteiger partial charge on any atom is -0.480 e. The lowest BCUT2D eigenvalue weighted by molar-refractivity contribution is -0.142. The summed E-state index contributed by atoms with van der Waals surface area (Å²) in [5.74, 6) is -2.46. The highest BCUT2D eigenvalue weighted by molar-refractivity contribution is 5.84. The van der Waals surface area contributed by atoms with Crippen LogP contribution in [0.5, 0.6) is 0 Å². The summed E-state index contributed by atoms with van der Waals surface area (Å²) < 4.78 is 4.29. The van der Waals surface area contributed by atoms with E-state index in [2.05, 4.69) is 15.4 Å². The molecule has 1 atom stereocenters. The number of carbonyl (C=O) groups excluding carboxylic acids is 3. The molecule has 0 aliphatic carbocycles. The molecule has 0 aliphatic heterocycles. The van der Waals surface area contributed by atoms with Crippen molar-refractivity contribution in [1.29, 1.82) is 0 Å². The number of carboxylic acids is 1. The molecule has 0 rings (SSSR count). The lowest BCUT2D eigenvalue weighted by atomic mass is 10.1. The van der Waals surface area contributed by atoms with Gasteiger partial charge in [0.2, 0.25) is 11.8 Å². The fraction of sp³-hybridized carbons (Fsp3) is 0.600. The normalized spacial score (nSPS) is 11.2. The lowest BCUT2D eigenvalue weighted by Gasteiger charge is -2.13. The molecule has 0 bridgehead atoms. The van der Waals surface area contributed by atoms with Crippen molar-refractivity contribution in [3.63, 3.8) is 0 Å². The monoisotopic (exact) mass is 275 g/mol. The summed E-state index contributed by atoms with van der Waals surface area (Å²) in [6.07, 6.45) is -1.01. The Hall–Kier alpha value is -2.32. The number of nitrogens with one attached hydrogen (secondary N) is 2. The first-order chi connectivity index (χ1) is 8.86. The summed E-state index contributed by atoms with van der Waals surface area (Å²) in [4.78, 5) is 43.4. The molecule has 0 aliphatic rings. The van der Waals surface area contributed by atoms with Crippen molar-refractivity contribution in [1.82, 2.24) is 10.6 Å². The largest absolute Gasteiger partial charge is 0.480 e. The van der Waals surface area contributed by atoms with E-state index in [-0.39, 0.29) is 25.8 Å². The van der Waals surface area contributed by atoms with Crippen molar-refractivity contribution in [2.75, 3.05) is 13.7 Å². The van der Waals surface area contributed by atoms with Gasteiger partial charge in [0.25, 0.3) is 0 Å². The zero-order chi connectivity index (χ0) is 14.8. The van der Waals surface area contributed by atoms with Crippen molar-refractivity contribution in [2.24, 2.45) is 5.73 Å². The van der Waals surface area contributed by atoms with E-state index in [1.54, 1.807) is 0 Å². The third-order valence-electron chi connectivity index (χ3n) is 2.12. The molecule has 0 spiro atoms. The summed E-state index contributed by atoms with van der Waals surface area (Å²) >= 11 is 0. The number of methoxy groups -OCH3 is 1. The smallest absolute Gasteiger partial charge is 0.406 e. The van der Waals surface area contributed by atoms with Gasteiger partial charge in [-0.05, 0) is 6.42 Å². The van der Waals surface area contributed by atoms with Crippen LogP contribution in [0.2, 0.25) is 0 Å². The number of nitrogens with two attached hydrogens (primary N) is 1. The molecule has 19 heavy (non-hydrogen) atoms. The van der Waals surface area contributed by atoms with Gasteiger partial charge in [-0.1, -0.05) is 0 Å². The van der Waals surface area contributed by atoms with E-state index in [0.29, 0.717) is 0 Å². The van der Waals surface area contributed by atoms with Gasteiger partial charge in [0, 0.05) is 19.4 Å². The third-order valence-corrected chi connectivity index (χ3v) is 2.12. The van der Waals surface area contributed by atoms with Gasteiger partial charge in [-0.3, -0.25) is 9.59 Å². The number of rotatable bonds is 8. The Bertz CT molecular complexity index is 357. The summed E-state index contributed by atoms with van der Waals surface area (Å²) in [6.45, 7) is 0.0145. The maximum atomic E-state index is 11.4. The van der Waals surface area contributed by atoms with Crippen LogP contribution in [0.1, 0.15) is 19.3 Å². The van der Waals surface area contributed by atoms with E-state index in [1.165, 1.54) is 7.11 Å². The molecule has 0 aromatic rings. The van der Waals surface area contributed by atoms with E-state index in [1.807, 2.05) is 0 Å². The summed E-state index contributed by atoms with van der Waals surface area (Å²) in [7, 11) is 1.18. The number of carbonyl (C=O) groups is 4. The summed E-state index contributed by atoms with van der Waals surface area (Å²) in [6, 6.07) is -1.18. The summed E-state index contributed by atoms with van der Waals surface area (Å²) in [5.41, 5.74) is 4.89. The van der Waals surface area contributed by atoms with Crippen LogP contribution in [0, 0.1) is 0 Å². The number of hydrogen-bond acceptors (Lipinski definition) is 5. The molecule has 0 aromatic carbocycles. The Balaban J connectivity index is 4.06. The molecule has 9 nitrogen and oxygen atoms in total. The van der Waals surface area contributed by atoms with E-state index in [4.69, 9.17) is 10.8 Å². The van der Waals surface area contributed by atoms with E-state index >= 15 is 0 Å². The van der Waals surface area contributed by atoms with Crippen LogP contribution in [-0.2, 0) is 19.1 Å². The first kappa shape index (κ1) is 16.7. The van der Waals surface area contributed by atoms with Crippen LogP contribution < -0.4 is 16.4 Å². The number of amides is 3. The third kappa shape index (κ3) is 8.41. The average molecular weight is 275 g/mol. The van der Waals surface area contributed by atoms with E-state index in [0.717, 1.165) is 0 Å². The van der Waals surface area contributed by atoms with Crippen molar-refractivity contribution in [3.8, 4) is 0 Å². The van der Waals surface area contributed by atoms with Crippen LogP contribution in [0.3, 0.4) is 0 Å². The Kier molecular flexibility index (Phi) is 7.66. The zero-order valence-electron chi connectivity index (χ0n) is 10.5. The molecule has 0 saturated heterocycles. The van der Waals surface area contributed by atoms with Gasteiger partial charge in [0.1, 0.15) is 6.04 Å². The number of alkyl carbamates (subject to hydrolysis) is 1. The van der Waals surface area contributed by atoms with Gasteiger partial charge in [-0.15, -0.1) is 0 Å². The van der Waals surface area contributed by atoms with Crippen LogP contribution in [0.4, 0.5) is 4.79 Å². The van der Waals surface area contributed by atoms with Crippen LogP contribution in [0.15, 0.2) is 0 Å². The van der Waals surface area contributed by atoms with Crippen molar-refractivity contribution >= 4 is 23.9 Å². The fourth-order valence-electron chi connectivity index (χ4n) is 1.16. The molecular formula is C10H17N3O6. The molecule has 9 heteroatoms. The molecule has 0 radical (unpaired) electrons. The lowest BCUT2D eigenvalue weighted by Crippen LogP contribution is -2.42. The Morgan fingerprint density at radius 3 is 2.37 bits per heavy atom. The highest BCUT2D eigenvalue weighted by atomic mass is 16.5. The number of carboxylic acid groups (broad SMARTS) is 1. The van der Waals surface area contributed by atoms with Gasteiger partial charge >= 0.3 is 12.1 Å². The second kappa shape index (κ2) is 8.72. The van der Waals surface area contributed by atoms with Gasteiger partial charge in [-0.25, -0.2) is 9.59 Å². The van der Waals surface area contributed by atoms with Crippen molar-refractivity contribution < 1.29 is 29.0 Å². The quantitative estimate of drug-likeness (QED) is 0.426. The molecule has 5 N–H and O–H groups in total. The minimum absolute atomic E-state index is 0.0145. The maximum absolute atomic E-state index is 11.4. The maximum Gasteiger partial charge on any atom is 0.406 e.